The molecule has 0 radical (unpaired) electrons. The van der Waals surface area contributed by atoms with Crippen LogP contribution >= 0.6 is 0 Å². The second-order valence-electron chi connectivity index (χ2n) is 5.27. The fourth-order valence-corrected chi connectivity index (χ4v) is 2.20. The zero-order valence-corrected chi connectivity index (χ0v) is 10.8. The fraction of sp³-hybridized carbons (Fsp3) is 0.500. The molecule has 1 heterocycles. The molecule has 0 amide bonds. The van der Waals surface area contributed by atoms with Crippen LogP contribution in [0.4, 0.5) is 0 Å². The minimum absolute atomic E-state index is 0.239. The van der Waals surface area contributed by atoms with E-state index in [0.29, 0.717) is 12.1 Å². The van der Waals surface area contributed by atoms with Gasteiger partial charge in [-0.1, -0.05) is 19.9 Å². The molecule has 0 saturated heterocycles. The normalized spacial score (nSPS) is 16.9. The molecule has 1 aliphatic heterocycles. The topological polar surface area (TPSA) is 60.8 Å². The molecule has 0 saturated carbocycles. The molecule has 0 spiro atoms. The molecule has 98 valence electrons. The molecule has 4 heteroatoms. The van der Waals surface area contributed by atoms with Gasteiger partial charge in [0.2, 0.25) is 0 Å². The average Bonchev–Trinajstić information content (AvgIpc) is 2.69. The molecule has 1 aromatic rings. The number of hydrogen-bond donors (Lipinski definition) is 2. The Hall–Kier alpha value is -1.39. The number of rotatable bonds is 4. The van der Waals surface area contributed by atoms with Gasteiger partial charge in [0.1, 0.15) is 0 Å². The first kappa shape index (κ1) is 13.1. The van der Waals surface area contributed by atoms with Crippen molar-refractivity contribution < 1.29 is 15.0 Å². The molecule has 1 aromatic carbocycles. The van der Waals surface area contributed by atoms with Crippen molar-refractivity contribution in [3.63, 3.8) is 0 Å². The molecule has 0 aromatic heterocycles. The van der Waals surface area contributed by atoms with Gasteiger partial charge in [-0.15, -0.1) is 0 Å². The van der Waals surface area contributed by atoms with Gasteiger partial charge in [0.05, 0.1) is 11.7 Å². The van der Waals surface area contributed by atoms with E-state index in [1.165, 1.54) is 0 Å². The number of carboxylic acid groups (broad SMARTS) is 1. The molecule has 4 nitrogen and oxygen atoms in total. The number of β-amino-alcohol motifs (C(OH)–C–C–N with tert-alkyl or cyclic N) is 1. The molecule has 18 heavy (non-hydrogen) atoms. The summed E-state index contributed by atoms with van der Waals surface area (Å²) >= 11 is 0. The average molecular weight is 249 g/mol. The van der Waals surface area contributed by atoms with Gasteiger partial charge in [-0.25, -0.2) is 4.79 Å². The highest BCUT2D eigenvalue weighted by atomic mass is 16.4. The van der Waals surface area contributed by atoms with Crippen LogP contribution in [0.2, 0.25) is 0 Å². The van der Waals surface area contributed by atoms with Crippen LogP contribution in [0.3, 0.4) is 0 Å². The Balaban J connectivity index is 2.06. The number of aliphatic hydroxyl groups excluding tert-OH is 1. The van der Waals surface area contributed by atoms with Crippen LogP contribution in [0.1, 0.15) is 35.3 Å². The smallest absolute Gasteiger partial charge is 0.335 e. The number of fused-ring (bicyclic) bond motifs is 1. The van der Waals surface area contributed by atoms with Crippen LogP contribution in [0, 0.1) is 5.92 Å². The lowest BCUT2D eigenvalue weighted by Gasteiger charge is -2.21. The molecular formula is C14H19NO3. The highest BCUT2D eigenvalue weighted by Gasteiger charge is 2.23. The first-order valence-electron chi connectivity index (χ1n) is 6.23. The van der Waals surface area contributed by atoms with Crippen molar-refractivity contribution in [2.24, 2.45) is 5.92 Å². The van der Waals surface area contributed by atoms with Crippen molar-refractivity contribution in [1.29, 1.82) is 0 Å². The number of hydrogen-bond acceptors (Lipinski definition) is 3. The van der Waals surface area contributed by atoms with Crippen molar-refractivity contribution in [3.8, 4) is 0 Å². The summed E-state index contributed by atoms with van der Waals surface area (Å²) in [6.45, 7) is 6.14. The lowest BCUT2D eigenvalue weighted by molar-refractivity contribution is 0.0695. The Morgan fingerprint density at radius 1 is 1.33 bits per heavy atom. The van der Waals surface area contributed by atoms with Gasteiger partial charge in [-0.2, -0.15) is 0 Å². The zero-order chi connectivity index (χ0) is 13.3. The van der Waals surface area contributed by atoms with Crippen molar-refractivity contribution in [3.05, 3.63) is 34.9 Å². The van der Waals surface area contributed by atoms with Crippen LogP contribution in [0.15, 0.2) is 18.2 Å². The summed E-state index contributed by atoms with van der Waals surface area (Å²) in [5.74, 6) is -0.651. The number of nitrogens with zero attached hydrogens (tertiary/aromatic N) is 1. The fourth-order valence-electron chi connectivity index (χ4n) is 2.20. The second-order valence-corrected chi connectivity index (χ2v) is 5.27. The SMILES string of the molecule is CC(C)C(O)CN1Cc2ccc(C(=O)O)cc2C1. The number of aliphatic hydroxyl groups is 1. The highest BCUT2D eigenvalue weighted by Crippen LogP contribution is 2.24. The van der Waals surface area contributed by atoms with E-state index >= 15 is 0 Å². The summed E-state index contributed by atoms with van der Waals surface area (Å²) in [6, 6.07) is 5.25. The molecule has 1 aliphatic rings. The van der Waals surface area contributed by atoms with E-state index in [9.17, 15) is 9.90 Å². The minimum Gasteiger partial charge on any atom is -0.478 e. The molecule has 0 aliphatic carbocycles. The maximum absolute atomic E-state index is 10.9. The molecule has 1 atom stereocenters. The van der Waals surface area contributed by atoms with E-state index in [2.05, 4.69) is 4.90 Å². The van der Waals surface area contributed by atoms with E-state index < -0.39 is 5.97 Å². The van der Waals surface area contributed by atoms with Gasteiger partial charge in [0, 0.05) is 19.6 Å². The van der Waals surface area contributed by atoms with Crippen molar-refractivity contribution in [2.75, 3.05) is 6.54 Å². The first-order valence-corrected chi connectivity index (χ1v) is 6.23. The van der Waals surface area contributed by atoms with Crippen LogP contribution < -0.4 is 0 Å². The Kier molecular flexibility index (Phi) is 3.68. The largest absolute Gasteiger partial charge is 0.478 e. The predicted octanol–water partition coefficient (Wildman–Crippen LogP) is 1.72. The second kappa shape index (κ2) is 5.08. The van der Waals surface area contributed by atoms with E-state index in [4.69, 9.17) is 5.11 Å². The van der Waals surface area contributed by atoms with Crippen molar-refractivity contribution in [1.82, 2.24) is 4.90 Å². The summed E-state index contributed by atoms with van der Waals surface area (Å²) in [5.41, 5.74) is 2.56. The first-order chi connectivity index (χ1) is 8.47. The maximum atomic E-state index is 10.9. The summed E-state index contributed by atoms with van der Waals surface area (Å²) in [7, 11) is 0. The lowest BCUT2D eigenvalue weighted by atomic mass is 10.1. The van der Waals surface area contributed by atoms with Gasteiger partial charge in [0.15, 0.2) is 0 Å². The standard InChI is InChI=1S/C14H19NO3/c1-9(2)13(16)8-15-6-11-4-3-10(14(17)18)5-12(11)7-15/h3-5,9,13,16H,6-8H2,1-2H3,(H,17,18). The lowest BCUT2D eigenvalue weighted by Crippen LogP contribution is -2.31. The van der Waals surface area contributed by atoms with Crippen LogP contribution in [-0.4, -0.2) is 33.7 Å². The summed E-state index contributed by atoms with van der Waals surface area (Å²) < 4.78 is 0. The minimum atomic E-state index is -0.890. The number of carbonyl (C=O) groups is 1. The molecule has 0 bridgehead atoms. The van der Waals surface area contributed by atoms with Crippen LogP contribution in [0.5, 0.6) is 0 Å². The maximum Gasteiger partial charge on any atom is 0.335 e. The monoisotopic (exact) mass is 249 g/mol. The Labute approximate surface area is 107 Å². The third-order valence-corrected chi connectivity index (χ3v) is 3.46. The quantitative estimate of drug-likeness (QED) is 0.853. The van der Waals surface area contributed by atoms with E-state index in [-0.39, 0.29) is 12.0 Å². The summed E-state index contributed by atoms with van der Waals surface area (Å²) in [4.78, 5) is 13.0. The van der Waals surface area contributed by atoms with Gasteiger partial charge < -0.3 is 10.2 Å². The summed E-state index contributed by atoms with van der Waals surface area (Å²) in [5, 5.41) is 18.8. The Morgan fingerprint density at radius 3 is 2.61 bits per heavy atom. The van der Waals surface area contributed by atoms with Crippen molar-refractivity contribution >= 4 is 5.97 Å². The molecule has 2 N–H and O–H groups in total. The highest BCUT2D eigenvalue weighted by molar-refractivity contribution is 5.87. The van der Waals surface area contributed by atoms with Crippen LogP contribution in [0.25, 0.3) is 0 Å². The van der Waals surface area contributed by atoms with Crippen LogP contribution in [-0.2, 0) is 13.1 Å². The molecule has 1 unspecified atom stereocenters. The van der Waals surface area contributed by atoms with E-state index in [0.717, 1.165) is 24.2 Å². The molecule has 0 fully saturated rings. The Bertz CT molecular complexity index is 456. The van der Waals surface area contributed by atoms with E-state index in [1.54, 1.807) is 12.1 Å². The van der Waals surface area contributed by atoms with E-state index in [1.807, 2.05) is 19.9 Å². The van der Waals surface area contributed by atoms with Gasteiger partial charge in [0.25, 0.3) is 0 Å². The third-order valence-electron chi connectivity index (χ3n) is 3.46. The van der Waals surface area contributed by atoms with Crippen molar-refractivity contribution in [2.45, 2.75) is 33.0 Å². The van der Waals surface area contributed by atoms with Gasteiger partial charge in [-0.3, -0.25) is 4.90 Å². The number of aromatic carboxylic acids is 1. The zero-order valence-electron chi connectivity index (χ0n) is 10.8. The molecular weight excluding hydrogens is 230 g/mol. The molecule has 2 rings (SSSR count). The van der Waals surface area contributed by atoms with Gasteiger partial charge >= 0.3 is 5.97 Å². The third kappa shape index (κ3) is 2.71. The predicted molar refractivity (Wildman–Crippen MR) is 68.4 cm³/mol. The van der Waals surface area contributed by atoms with Gasteiger partial charge in [-0.05, 0) is 29.2 Å². The Morgan fingerprint density at radius 2 is 2.00 bits per heavy atom. The summed E-state index contributed by atoms with van der Waals surface area (Å²) in [6.07, 6.45) is -0.335. The number of benzene rings is 1. The number of carboxylic acids is 1.